The van der Waals surface area contributed by atoms with E-state index >= 15 is 0 Å². The third-order valence-corrected chi connectivity index (χ3v) is 5.69. The number of urea groups is 1. The lowest BCUT2D eigenvalue weighted by Gasteiger charge is -2.26. The van der Waals surface area contributed by atoms with Crippen molar-refractivity contribution in [1.82, 2.24) is 14.9 Å². The second-order valence-corrected chi connectivity index (χ2v) is 7.55. The molecule has 1 aliphatic rings. The number of amides is 2. The first-order chi connectivity index (χ1) is 13.7. The maximum atomic E-state index is 11.4. The number of hydrogen-bond acceptors (Lipinski definition) is 6. The third kappa shape index (κ3) is 4.36. The summed E-state index contributed by atoms with van der Waals surface area (Å²) in [5.74, 6) is 0.562. The van der Waals surface area contributed by atoms with Gasteiger partial charge in [0.1, 0.15) is 0 Å². The molecule has 3 heterocycles. The summed E-state index contributed by atoms with van der Waals surface area (Å²) in [6.07, 6.45) is 3.35. The summed E-state index contributed by atoms with van der Waals surface area (Å²) in [6, 6.07) is 11.6. The second kappa shape index (κ2) is 8.47. The molecule has 0 unspecified atom stereocenters. The normalized spacial score (nSPS) is 14.7. The van der Waals surface area contributed by atoms with Crippen LogP contribution in [0, 0.1) is 0 Å². The fraction of sp³-hybridized carbons (Fsp3) is 0.250. The Morgan fingerprint density at radius 2 is 1.89 bits per heavy atom. The topological polar surface area (TPSA) is 93.4 Å². The molecule has 8 heteroatoms. The molecule has 0 saturated carbocycles. The number of benzene rings is 1. The molecule has 7 nitrogen and oxygen atoms in total. The maximum Gasteiger partial charge on any atom is 0.316 e. The molecule has 28 heavy (non-hydrogen) atoms. The third-order valence-electron chi connectivity index (χ3n) is 4.51. The number of thiophene rings is 1. The van der Waals surface area contributed by atoms with E-state index < -0.39 is 6.03 Å². The summed E-state index contributed by atoms with van der Waals surface area (Å²) < 4.78 is 5.40. The number of ether oxygens (including phenoxy) is 1. The van der Waals surface area contributed by atoms with E-state index in [0.29, 0.717) is 11.5 Å². The zero-order valence-electron chi connectivity index (χ0n) is 15.3. The van der Waals surface area contributed by atoms with Crippen LogP contribution in [0.2, 0.25) is 0 Å². The van der Waals surface area contributed by atoms with E-state index in [0.717, 1.165) is 48.2 Å². The van der Waals surface area contributed by atoms with E-state index in [1.807, 2.05) is 6.07 Å². The van der Waals surface area contributed by atoms with Gasteiger partial charge >= 0.3 is 6.03 Å². The summed E-state index contributed by atoms with van der Waals surface area (Å²) in [6.45, 7) is 4.46. The van der Waals surface area contributed by atoms with Gasteiger partial charge in [0.15, 0.2) is 5.82 Å². The first-order valence-electron chi connectivity index (χ1n) is 9.06. The molecular weight excluding hydrogens is 374 g/mol. The van der Waals surface area contributed by atoms with Crippen molar-refractivity contribution in [3.63, 3.8) is 0 Å². The highest BCUT2D eigenvalue weighted by Crippen LogP contribution is 2.40. The van der Waals surface area contributed by atoms with Crippen LogP contribution in [0.1, 0.15) is 5.56 Å². The number of carbonyl (C=O) groups is 1. The minimum absolute atomic E-state index is 0.562. The minimum atomic E-state index is -0.609. The smallest absolute Gasteiger partial charge is 0.316 e. The molecule has 144 valence electrons. The number of carbonyl (C=O) groups excluding carboxylic acids is 1. The number of nitrogens with zero attached hydrogens (tertiary/aromatic N) is 3. The average Bonchev–Trinajstić information content (AvgIpc) is 3.13. The number of rotatable bonds is 5. The Balaban J connectivity index is 1.58. The van der Waals surface area contributed by atoms with Gasteiger partial charge in [-0.3, -0.25) is 4.90 Å². The van der Waals surface area contributed by atoms with E-state index in [1.54, 1.807) is 18.5 Å². The number of anilines is 1. The Morgan fingerprint density at radius 3 is 2.57 bits per heavy atom. The predicted octanol–water partition coefficient (Wildman–Crippen LogP) is 3.19. The second-order valence-electron chi connectivity index (χ2n) is 6.50. The van der Waals surface area contributed by atoms with E-state index in [-0.39, 0.29) is 0 Å². The zero-order chi connectivity index (χ0) is 19.3. The Hall–Kier alpha value is -2.81. The molecule has 4 rings (SSSR count). The Labute approximate surface area is 167 Å². The molecule has 1 aromatic carbocycles. The van der Waals surface area contributed by atoms with E-state index in [9.17, 15) is 4.79 Å². The molecule has 3 N–H and O–H groups in total. The van der Waals surface area contributed by atoms with Crippen LogP contribution in [0.5, 0.6) is 0 Å². The van der Waals surface area contributed by atoms with Gasteiger partial charge in [-0.25, -0.2) is 14.8 Å². The quantitative estimate of drug-likeness (QED) is 0.692. The van der Waals surface area contributed by atoms with Gasteiger partial charge in [0.2, 0.25) is 0 Å². The lowest BCUT2D eigenvalue weighted by molar-refractivity contribution is 0.0342. The summed E-state index contributed by atoms with van der Waals surface area (Å²) in [7, 11) is 0. The van der Waals surface area contributed by atoms with E-state index in [4.69, 9.17) is 10.5 Å². The lowest BCUT2D eigenvalue weighted by atomic mass is 10.1. The van der Waals surface area contributed by atoms with Crippen LogP contribution in [0.15, 0.2) is 48.8 Å². The molecule has 0 radical (unpaired) electrons. The van der Waals surface area contributed by atoms with Gasteiger partial charge < -0.3 is 15.8 Å². The largest absolute Gasteiger partial charge is 0.379 e. The molecule has 1 saturated heterocycles. The molecule has 0 aliphatic carbocycles. The minimum Gasteiger partial charge on any atom is -0.379 e. The Bertz CT molecular complexity index is 937. The molecule has 2 amide bonds. The van der Waals surface area contributed by atoms with Gasteiger partial charge in [-0.1, -0.05) is 24.3 Å². The molecule has 0 spiro atoms. The van der Waals surface area contributed by atoms with Crippen molar-refractivity contribution < 1.29 is 9.53 Å². The number of morpholine rings is 1. The molecule has 3 aromatic rings. The summed E-state index contributed by atoms with van der Waals surface area (Å²) in [4.78, 5) is 24.2. The van der Waals surface area contributed by atoms with Crippen molar-refractivity contribution in [3.05, 3.63) is 54.4 Å². The average molecular weight is 395 g/mol. The number of hydrogen-bond donors (Lipinski definition) is 2. The number of primary amides is 1. The van der Waals surface area contributed by atoms with Gasteiger partial charge in [0.05, 0.1) is 23.8 Å². The van der Waals surface area contributed by atoms with Crippen LogP contribution < -0.4 is 11.1 Å². The van der Waals surface area contributed by atoms with Crippen molar-refractivity contribution in [2.45, 2.75) is 6.54 Å². The van der Waals surface area contributed by atoms with E-state index in [2.05, 4.69) is 44.5 Å². The van der Waals surface area contributed by atoms with Crippen molar-refractivity contribution in [1.29, 1.82) is 0 Å². The highest BCUT2D eigenvalue weighted by molar-refractivity contribution is 7.19. The Kier molecular flexibility index (Phi) is 5.61. The predicted molar refractivity (Wildman–Crippen MR) is 110 cm³/mol. The van der Waals surface area contributed by atoms with Gasteiger partial charge in [-0.05, 0) is 23.3 Å². The van der Waals surface area contributed by atoms with Crippen LogP contribution >= 0.6 is 11.3 Å². The van der Waals surface area contributed by atoms with Crippen LogP contribution in [0.4, 0.5) is 10.5 Å². The van der Waals surface area contributed by atoms with Crippen LogP contribution in [0.3, 0.4) is 0 Å². The molecular formula is C20H21N5O2S. The van der Waals surface area contributed by atoms with Gasteiger partial charge in [0.25, 0.3) is 0 Å². The lowest BCUT2D eigenvalue weighted by Crippen LogP contribution is -2.35. The fourth-order valence-electron chi connectivity index (χ4n) is 3.13. The SMILES string of the molecule is NC(=O)Nc1cc(-c2ccc(CN3CCOCC3)cc2)sc1-c1ncccn1. The van der Waals surface area contributed by atoms with Crippen molar-refractivity contribution >= 4 is 23.1 Å². The molecule has 0 bridgehead atoms. The standard InChI is InChI=1S/C20H21N5O2S/c21-20(26)24-16-12-17(28-18(16)19-22-6-1-7-23-19)15-4-2-14(3-5-15)13-25-8-10-27-11-9-25/h1-7,12H,8-11,13H2,(H3,21,24,26). The van der Waals surface area contributed by atoms with Crippen molar-refractivity contribution in [2.24, 2.45) is 5.73 Å². The van der Waals surface area contributed by atoms with Gasteiger partial charge in [-0.15, -0.1) is 11.3 Å². The number of nitrogens with one attached hydrogen (secondary N) is 1. The summed E-state index contributed by atoms with van der Waals surface area (Å²) in [5.41, 5.74) is 8.29. The fourth-order valence-corrected chi connectivity index (χ4v) is 4.20. The highest BCUT2D eigenvalue weighted by Gasteiger charge is 2.16. The van der Waals surface area contributed by atoms with Crippen LogP contribution in [-0.2, 0) is 11.3 Å². The molecule has 1 aliphatic heterocycles. The Morgan fingerprint density at radius 1 is 1.18 bits per heavy atom. The highest BCUT2D eigenvalue weighted by atomic mass is 32.1. The molecule has 0 atom stereocenters. The first kappa shape index (κ1) is 18.5. The van der Waals surface area contributed by atoms with Crippen molar-refractivity contribution in [3.8, 4) is 21.1 Å². The van der Waals surface area contributed by atoms with Gasteiger partial charge in [-0.2, -0.15) is 0 Å². The zero-order valence-corrected chi connectivity index (χ0v) is 16.1. The molecule has 1 fully saturated rings. The van der Waals surface area contributed by atoms with Crippen molar-refractivity contribution in [2.75, 3.05) is 31.6 Å². The summed E-state index contributed by atoms with van der Waals surface area (Å²) in [5, 5.41) is 2.68. The number of aromatic nitrogens is 2. The van der Waals surface area contributed by atoms with Crippen LogP contribution in [-0.4, -0.2) is 47.2 Å². The van der Waals surface area contributed by atoms with Crippen LogP contribution in [0.25, 0.3) is 21.1 Å². The first-order valence-corrected chi connectivity index (χ1v) is 9.88. The maximum absolute atomic E-state index is 11.4. The number of nitrogens with two attached hydrogens (primary N) is 1. The molecule has 2 aromatic heterocycles. The van der Waals surface area contributed by atoms with Gasteiger partial charge in [0, 0.05) is 36.9 Å². The van der Waals surface area contributed by atoms with E-state index in [1.165, 1.54) is 16.9 Å². The monoisotopic (exact) mass is 395 g/mol. The summed E-state index contributed by atoms with van der Waals surface area (Å²) >= 11 is 1.53.